The number of pyridine rings is 1. The Labute approximate surface area is 184 Å². The molecule has 3 amide bonds. The lowest BCUT2D eigenvalue weighted by Crippen LogP contribution is -2.45. The van der Waals surface area contributed by atoms with Crippen molar-refractivity contribution in [2.75, 3.05) is 23.7 Å². The van der Waals surface area contributed by atoms with Gasteiger partial charge in [0.1, 0.15) is 5.82 Å². The van der Waals surface area contributed by atoms with Crippen LogP contribution in [0.3, 0.4) is 0 Å². The van der Waals surface area contributed by atoms with Crippen LogP contribution >= 0.6 is 15.9 Å². The predicted octanol–water partition coefficient (Wildman–Crippen LogP) is 3.93. The molecule has 8 heteroatoms. The van der Waals surface area contributed by atoms with Crippen LogP contribution in [0.2, 0.25) is 0 Å². The molecule has 1 aliphatic heterocycles. The molecule has 1 saturated heterocycles. The van der Waals surface area contributed by atoms with Crippen LogP contribution in [0.25, 0.3) is 0 Å². The summed E-state index contributed by atoms with van der Waals surface area (Å²) in [5, 5.41) is 5.62. The molecule has 0 radical (unpaired) electrons. The number of aromatic nitrogens is 1. The molecule has 3 rings (SSSR count). The van der Waals surface area contributed by atoms with Gasteiger partial charge >= 0.3 is 0 Å². The fourth-order valence-corrected chi connectivity index (χ4v) is 3.61. The fourth-order valence-electron chi connectivity index (χ4n) is 3.38. The molecule has 1 atom stereocenters. The summed E-state index contributed by atoms with van der Waals surface area (Å²) in [7, 11) is 0. The number of hydrogen-bond donors (Lipinski definition) is 2. The fraction of sp³-hybridized carbons (Fsp3) is 0.364. The third-order valence-corrected chi connectivity index (χ3v) is 5.43. The van der Waals surface area contributed by atoms with E-state index >= 15 is 0 Å². The quantitative estimate of drug-likeness (QED) is 0.689. The molecule has 1 fully saturated rings. The summed E-state index contributed by atoms with van der Waals surface area (Å²) in [5.74, 6) is -0.272. The maximum Gasteiger partial charge on any atom is 0.256 e. The minimum atomic E-state index is -0.313. The lowest BCUT2D eigenvalue weighted by atomic mass is 9.96. The molecule has 158 valence electrons. The molecule has 1 aromatic heterocycles. The summed E-state index contributed by atoms with van der Waals surface area (Å²) in [5.41, 5.74) is 0.960. The molecule has 30 heavy (non-hydrogen) atoms. The maximum atomic E-state index is 12.7. The summed E-state index contributed by atoms with van der Waals surface area (Å²) in [6.07, 6.45) is 3.14. The van der Waals surface area contributed by atoms with Gasteiger partial charge in [-0.25, -0.2) is 4.98 Å². The first-order chi connectivity index (χ1) is 14.3. The van der Waals surface area contributed by atoms with Gasteiger partial charge in [-0.1, -0.05) is 19.9 Å². The van der Waals surface area contributed by atoms with Crippen LogP contribution < -0.4 is 10.6 Å². The summed E-state index contributed by atoms with van der Waals surface area (Å²) in [4.78, 5) is 43.4. The Morgan fingerprint density at radius 1 is 1.17 bits per heavy atom. The van der Waals surface area contributed by atoms with Crippen LogP contribution in [-0.4, -0.2) is 40.7 Å². The highest BCUT2D eigenvalue weighted by molar-refractivity contribution is 9.10. The van der Waals surface area contributed by atoms with Gasteiger partial charge in [0.15, 0.2) is 0 Å². The molecule has 1 aromatic carbocycles. The minimum absolute atomic E-state index is 0.0766. The van der Waals surface area contributed by atoms with Crippen LogP contribution in [0.15, 0.2) is 47.1 Å². The van der Waals surface area contributed by atoms with E-state index in [2.05, 4.69) is 31.5 Å². The van der Waals surface area contributed by atoms with Crippen LogP contribution in [-0.2, 0) is 9.59 Å². The van der Waals surface area contributed by atoms with Gasteiger partial charge in [-0.15, -0.1) is 0 Å². The number of amides is 3. The lowest BCUT2D eigenvalue weighted by Gasteiger charge is -2.33. The van der Waals surface area contributed by atoms with Gasteiger partial charge in [0.25, 0.3) is 5.91 Å². The Kier molecular flexibility index (Phi) is 7.20. The van der Waals surface area contributed by atoms with Crippen molar-refractivity contribution in [2.45, 2.75) is 26.7 Å². The highest BCUT2D eigenvalue weighted by atomic mass is 79.9. The molecule has 0 unspecified atom stereocenters. The van der Waals surface area contributed by atoms with Crippen molar-refractivity contribution >= 4 is 45.2 Å². The Morgan fingerprint density at radius 3 is 2.67 bits per heavy atom. The zero-order chi connectivity index (χ0) is 21.7. The topological polar surface area (TPSA) is 91.4 Å². The van der Waals surface area contributed by atoms with Gasteiger partial charge in [0.2, 0.25) is 11.8 Å². The zero-order valence-electron chi connectivity index (χ0n) is 17.0. The summed E-state index contributed by atoms with van der Waals surface area (Å²) in [6, 6.07) is 10.2. The van der Waals surface area contributed by atoms with Crippen LogP contribution in [0.4, 0.5) is 11.5 Å². The second-order valence-electron chi connectivity index (χ2n) is 7.66. The smallest absolute Gasteiger partial charge is 0.256 e. The van der Waals surface area contributed by atoms with E-state index in [1.807, 2.05) is 13.8 Å². The molecule has 0 bridgehead atoms. The SMILES string of the molecule is CC(C)C(=O)N1CCC[C@H](C(=O)Nc2cccc(C(=O)Nc3ccc(Br)cn3)c2)C1. The van der Waals surface area contributed by atoms with Gasteiger partial charge in [0, 0.05) is 40.9 Å². The third kappa shape index (κ3) is 5.66. The van der Waals surface area contributed by atoms with Crippen LogP contribution in [0.5, 0.6) is 0 Å². The second kappa shape index (κ2) is 9.84. The van der Waals surface area contributed by atoms with Gasteiger partial charge in [-0.3, -0.25) is 14.4 Å². The number of likely N-dealkylation sites (tertiary alicyclic amines) is 1. The molecule has 2 aromatic rings. The van der Waals surface area contributed by atoms with Crippen molar-refractivity contribution in [2.24, 2.45) is 11.8 Å². The number of piperidine rings is 1. The first-order valence-corrected chi connectivity index (χ1v) is 10.8. The van der Waals surface area contributed by atoms with E-state index in [4.69, 9.17) is 0 Å². The molecule has 2 heterocycles. The minimum Gasteiger partial charge on any atom is -0.342 e. The summed E-state index contributed by atoms with van der Waals surface area (Å²) in [6.45, 7) is 4.86. The molecular weight excluding hydrogens is 448 g/mol. The van der Waals surface area contributed by atoms with E-state index in [1.165, 1.54) is 0 Å². The Balaban J connectivity index is 1.63. The predicted molar refractivity (Wildman–Crippen MR) is 119 cm³/mol. The molecule has 0 spiro atoms. The van der Waals surface area contributed by atoms with Crippen molar-refractivity contribution in [1.29, 1.82) is 0 Å². The molecule has 1 aliphatic rings. The van der Waals surface area contributed by atoms with Crippen molar-refractivity contribution in [3.05, 3.63) is 52.6 Å². The number of nitrogens with one attached hydrogen (secondary N) is 2. The Bertz CT molecular complexity index is 930. The van der Waals surface area contributed by atoms with E-state index in [0.29, 0.717) is 30.2 Å². The number of hydrogen-bond acceptors (Lipinski definition) is 4. The van der Waals surface area contributed by atoms with E-state index in [9.17, 15) is 14.4 Å². The van der Waals surface area contributed by atoms with Crippen molar-refractivity contribution in [3.63, 3.8) is 0 Å². The standard InChI is InChI=1S/C22H25BrN4O3/c1-14(2)22(30)27-10-4-6-16(13-27)21(29)25-18-7-3-5-15(11-18)20(28)26-19-9-8-17(23)12-24-19/h3,5,7-9,11-12,14,16H,4,6,10,13H2,1-2H3,(H,25,29)(H,24,26,28)/t16-/m0/s1. The van der Waals surface area contributed by atoms with Gasteiger partial charge < -0.3 is 15.5 Å². The van der Waals surface area contributed by atoms with Crippen LogP contribution in [0, 0.1) is 11.8 Å². The normalized spacial score (nSPS) is 16.3. The van der Waals surface area contributed by atoms with Crippen LogP contribution in [0.1, 0.15) is 37.0 Å². The Morgan fingerprint density at radius 2 is 1.97 bits per heavy atom. The van der Waals surface area contributed by atoms with E-state index < -0.39 is 0 Å². The van der Waals surface area contributed by atoms with Crippen molar-refractivity contribution in [1.82, 2.24) is 9.88 Å². The maximum absolute atomic E-state index is 12.7. The number of benzene rings is 1. The lowest BCUT2D eigenvalue weighted by molar-refractivity contribution is -0.137. The number of halogens is 1. The van der Waals surface area contributed by atoms with E-state index in [-0.39, 0.29) is 29.6 Å². The number of rotatable bonds is 5. The summed E-state index contributed by atoms with van der Waals surface area (Å²) < 4.78 is 0.821. The number of anilines is 2. The monoisotopic (exact) mass is 472 g/mol. The number of carbonyl (C=O) groups excluding carboxylic acids is 3. The second-order valence-corrected chi connectivity index (χ2v) is 8.58. The Hall–Kier alpha value is -2.74. The third-order valence-electron chi connectivity index (χ3n) is 4.96. The summed E-state index contributed by atoms with van der Waals surface area (Å²) >= 11 is 3.30. The van der Waals surface area contributed by atoms with Gasteiger partial charge in [-0.05, 0) is 59.1 Å². The molecule has 0 aliphatic carbocycles. The first-order valence-electron chi connectivity index (χ1n) is 9.96. The highest BCUT2D eigenvalue weighted by Crippen LogP contribution is 2.21. The molecule has 2 N–H and O–H groups in total. The van der Waals surface area contributed by atoms with Crippen molar-refractivity contribution in [3.8, 4) is 0 Å². The molecular formula is C22H25BrN4O3. The van der Waals surface area contributed by atoms with Gasteiger partial charge in [0.05, 0.1) is 5.92 Å². The highest BCUT2D eigenvalue weighted by Gasteiger charge is 2.29. The van der Waals surface area contributed by atoms with Gasteiger partial charge in [-0.2, -0.15) is 0 Å². The first kappa shape index (κ1) is 22.0. The largest absolute Gasteiger partial charge is 0.342 e. The molecule has 0 saturated carbocycles. The van der Waals surface area contributed by atoms with Crippen molar-refractivity contribution < 1.29 is 14.4 Å². The molecule has 7 nitrogen and oxygen atoms in total. The van der Waals surface area contributed by atoms with E-state index in [0.717, 1.165) is 17.3 Å². The average molecular weight is 473 g/mol. The zero-order valence-corrected chi connectivity index (χ0v) is 18.6. The number of nitrogens with zero attached hydrogens (tertiary/aromatic N) is 2. The van der Waals surface area contributed by atoms with E-state index in [1.54, 1.807) is 47.5 Å². The average Bonchev–Trinajstić information content (AvgIpc) is 2.75. The number of carbonyl (C=O) groups is 3.